The molecule has 1 aliphatic heterocycles. The molecule has 0 saturated heterocycles. The first-order chi connectivity index (χ1) is 6.70. The Morgan fingerprint density at radius 3 is 2.93 bits per heavy atom. The van der Waals surface area contributed by atoms with Crippen molar-refractivity contribution in [2.24, 2.45) is 0 Å². The lowest BCUT2D eigenvalue weighted by molar-refractivity contribution is -0.117. The Labute approximate surface area is 97.4 Å². The van der Waals surface area contributed by atoms with E-state index in [9.17, 15) is 4.79 Å². The summed E-state index contributed by atoms with van der Waals surface area (Å²) in [6.45, 7) is 0. The van der Waals surface area contributed by atoms with Gasteiger partial charge in [0, 0.05) is 12.7 Å². The number of nitrogens with zero attached hydrogens (tertiary/aromatic N) is 1. The van der Waals surface area contributed by atoms with Gasteiger partial charge in [0.1, 0.15) is 0 Å². The Balaban J connectivity index is 2.45. The van der Waals surface area contributed by atoms with Crippen LogP contribution in [0.1, 0.15) is 12.0 Å². The van der Waals surface area contributed by atoms with Crippen LogP contribution in [0.15, 0.2) is 24.3 Å². The minimum Gasteiger partial charge on any atom is -0.314 e. The molecule has 0 bridgehead atoms. The van der Waals surface area contributed by atoms with Gasteiger partial charge in [-0.2, -0.15) is 0 Å². The van der Waals surface area contributed by atoms with Crippen LogP contribution in [0.3, 0.4) is 0 Å². The summed E-state index contributed by atoms with van der Waals surface area (Å²) >= 11 is 2.23. The van der Waals surface area contributed by atoms with Crippen molar-refractivity contribution in [2.45, 2.75) is 16.8 Å². The van der Waals surface area contributed by atoms with E-state index in [1.807, 2.05) is 25.2 Å². The van der Waals surface area contributed by atoms with Crippen molar-refractivity contribution in [1.29, 1.82) is 0 Å². The lowest BCUT2D eigenvalue weighted by atomic mass is 10.1. The van der Waals surface area contributed by atoms with Gasteiger partial charge < -0.3 is 4.90 Å². The van der Waals surface area contributed by atoms with Gasteiger partial charge in [0.25, 0.3) is 0 Å². The molecule has 1 aromatic rings. The Hall–Kier alpha value is -0.580. The first-order valence-corrected chi connectivity index (χ1v) is 5.94. The smallest absolute Gasteiger partial charge is 0.239 e. The maximum absolute atomic E-state index is 11.8. The lowest BCUT2D eigenvalue weighted by Crippen LogP contribution is -2.31. The van der Waals surface area contributed by atoms with Gasteiger partial charge in [0.05, 0.1) is 3.92 Å². The van der Waals surface area contributed by atoms with Gasteiger partial charge in [-0.3, -0.25) is 4.79 Å². The fraction of sp³-hybridized carbons (Fsp3) is 0.364. The zero-order valence-corrected chi connectivity index (χ0v) is 10.2. The van der Waals surface area contributed by atoms with Crippen LogP contribution >= 0.6 is 22.6 Å². The number of alkyl halides is 1. The van der Waals surface area contributed by atoms with Crippen LogP contribution in [-0.4, -0.2) is 16.9 Å². The van der Waals surface area contributed by atoms with Crippen LogP contribution in [0, 0.1) is 0 Å². The van der Waals surface area contributed by atoms with Gasteiger partial charge in [-0.25, -0.2) is 0 Å². The number of benzene rings is 1. The second-order valence-electron chi connectivity index (χ2n) is 3.53. The molecule has 0 saturated carbocycles. The molecule has 0 radical (unpaired) electrons. The Morgan fingerprint density at radius 1 is 1.43 bits per heavy atom. The highest BCUT2D eigenvalue weighted by molar-refractivity contribution is 14.1. The van der Waals surface area contributed by atoms with E-state index in [4.69, 9.17) is 0 Å². The summed E-state index contributed by atoms with van der Waals surface area (Å²) in [5, 5.41) is 0. The fourth-order valence-electron chi connectivity index (χ4n) is 1.78. The van der Waals surface area contributed by atoms with Crippen molar-refractivity contribution in [1.82, 2.24) is 0 Å². The van der Waals surface area contributed by atoms with E-state index in [0.717, 1.165) is 18.5 Å². The average molecular weight is 301 g/mol. The standard InChI is InChI=1S/C11H12INO/c1-13-10-5-3-2-4-8(10)6-7-9(12)11(13)14/h2-5,9H,6-7H2,1H3. The summed E-state index contributed by atoms with van der Waals surface area (Å²) in [5.41, 5.74) is 2.35. The van der Waals surface area contributed by atoms with E-state index >= 15 is 0 Å². The van der Waals surface area contributed by atoms with Gasteiger partial charge in [-0.15, -0.1) is 0 Å². The summed E-state index contributed by atoms with van der Waals surface area (Å²) in [5.74, 6) is 0.218. The molecule has 74 valence electrons. The molecule has 1 amide bonds. The molecular formula is C11H12INO. The monoisotopic (exact) mass is 301 g/mol. The Morgan fingerprint density at radius 2 is 2.14 bits per heavy atom. The third kappa shape index (κ3) is 1.65. The minimum absolute atomic E-state index is 0.116. The number of halogens is 1. The summed E-state index contributed by atoms with van der Waals surface area (Å²) in [7, 11) is 1.86. The number of anilines is 1. The van der Waals surface area contributed by atoms with Crippen LogP contribution < -0.4 is 4.90 Å². The second kappa shape index (κ2) is 3.88. The van der Waals surface area contributed by atoms with Crippen molar-refractivity contribution < 1.29 is 4.79 Å². The quantitative estimate of drug-likeness (QED) is 0.532. The third-order valence-corrected chi connectivity index (χ3v) is 3.77. The maximum atomic E-state index is 11.8. The highest BCUT2D eigenvalue weighted by Gasteiger charge is 2.25. The third-order valence-electron chi connectivity index (χ3n) is 2.62. The molecule has 0 N–H and O–H groups in total. The number of hydrogen-bond donors (Lipinski definition) is 0. The highest BCUT2D eigenvalue weighted by atomic mass is 127. The summed E-state index contributed by atoms with van der Waals surface area (Å²) in [6.07, 6.45) is 1.95. The first kappa shape index (κ1) is 9.96. The van der Waals surface area contributed by atoms with E-state index < -0.39 is 0 Å². The molecule has 14 heavy (non-hydrogen) atoms. The number of aryl methyl sites for hydroxylation is 1. The molecule has 1 heterocycles. The van der Waals surface area contributed by atoms with E-state index in [1.165, 1.54) is 5.56 Å². The predicted octanol–water partition coefficient (Wildman–Crippen LogP) is 2.40. The Bertz CT molecular complexity index is 364. The molecule has 0 aliphatic carbocycles. The molecule has 2 rings (SSSR count). The predicted molar refractivity (Wildman–Crippen MR) is 66.0 cm³/mol. The average Bonchev–Trinajstić information content (AvgIpc) is 2.32. The number of para-hydroxylation sites is 1. The fourth-order valence-corrected chi connectivity index (χ4v) is 2.51. The largest absolute Gasteiger partial charge is 0.314 e. The van der Waals surface area contributed by atoms with Crippen LogP contribution in [0.2, 0.25) is 0 Å². The summed E-state index contributed by atoms with van der Waals surface area (Å²) in [6, 6.07) is 8.14. The van der Waals surface area contributed by atoms with Crippen LogP contribution in [0.4, 0.5) is 5.69 Å². The molecule has 3 heteroatoms. The van der Waals surface area contributed by atoms with E-state index in [-0.39, 0.29) is 9.83 Å². The normalized spacial score (nSPS) is 21.7. The number of rotatable bonds is 0. The summed E-state index contributed by atoms with van der Waals surface area (Å²) < 4.78 is 0.116. The molecule has 0 fully saturated rings. The molecule has 1 atom stereocenters. The van der Waals surface area contributed by atoms with E-state index in [0.29, 0.717) is 0 Å². The van der Waals surface area contributed by atoms with Crippen molar-refractivity contribution in [3.63, 3.8) is 0 Å². The van der Waals surface area contributed by atoms with Crippen molar-refractivity contribution in [3.05, 3.63) is 29.8 Å². The highest BCUT2D eigenvalue weighted by Crippen LogP contribution is 2.28. The van der Waals surface area contributed by atoms with Gasteiger partial charge in [0.2, 0.25) is 5.91 Å². The second-order valence-corrected chi connectivity index (χ2v) is 5.04. The van der Waals surface area contributed by atoms with Crippen molar-refractivity contribution in [3.8, 4) is 0 Å². The zero-order chi connectivity index (χ0) is 10.1. The number of carbonyl (C=O) groups excluding carboxylic acids is 1. The first-order valence-electron chi connectivity index (χ1n) is 4.69. The summed E-state index contributed by atoms with van der Waals surface area (Å²) in [4.78, 5) is 13.6. The molecule has 0 aromatic heterocycles. The number of hydrogen-bond acceptors (Lipinski definition) is 1. The minimum atomic E-state index is 0.116. The topological polar surface area (TPSA) is 20.3 Å². The van der Waals surface area contributed by atoms with Crippen LogP contribution in [0.5, 0.6) is 0 Å². The van der Waals surface area contributed by atoms with Crippen LogP contribution in [0.25, 0.3) is 0 Å². The molecule has 1 aliphatic rings. The number of fused-ring (bicyclic) bond motifs is 1. The molecular weight excluding hydrogens is 289 g/mol. The molecule has 1 unspecified atom stereocenters. The molecule has 0 spiro atoms. The number of carbonyl (C=O) groups is 1. The van der Waals surface area contributed by atoms with Gasteiger partial charge in [-0.05, 0) is 24.5 Å². The lowest BCUT2D eigenvalue weighted by Gasteiger charge is -2.18. The van der Waals surface area contributed by atoms with Gasteiger partial charge in [-0.1, -0.05) is 40.8 Å². The van der Waals surface area contributed by atoms with Crippen LogP contribution in [-0.2, 0) is 11.2 Å². The van der Waals surface area contributed by atoms with E-state index in [1.54, 1.807) is 4.90 Å². The van der Waals surface area contributed by atoms with Gasteiger partial charge >= 0.3 is 0 Å². The maximum Gasteiger partial charge on any atom is 0.239 e. The van der Waals surface area contributed by atoms with Crippen molar-refractivity contribution >= 4 is 34.2 Å². The number of amides is 1. The SMILES string of the molecule is CN1C(=O)C(I)CCc2ccccc21. The van der Waals surface area contributed by atoms with Crippen molar-refractivity contribution in [2.75, 3.05) is 11.9 Å². The molecule has 2 nitrogen and oxygen atoms in total. The van der Waals surface area contributed by atoms with Gasteiger partial charge in [0.15, 0.2) is 0 Å². The Kier molecular flexibility index (Phi) is 2.76. The zero-order valence-electron chi connectivity index (χ0n) is 8.03. The molecule has 1 aromatic carbocycles. The van der Waals surface area contributed by atoms with E-state index in [2.05, 4.69) is 28.7 Å².